The second kappa shape index (κ2) is 3.46. The normalized spacial score (nSPS) is 42.6. The van der Waals surface area contributed by atoms with E-state index < -0.39 is 6.17 Å². The molecule has 2 heterocycles. The molecule has 0 spiro atoms. The lowest BCUT2D eigenvalue weighted by Crippen LogP contribution is -2.60. The van der Waals surface area contributed by atoms with E-state index in [2.05, 4.69) is 4.90 Å². The van der Waals surface area contributed by atoms with E-state index in [4.69, 9.17) is 4.74 Å². The molecule has 3 atom stereocenters. The molecule has 0 aliphatic carbocycles. The van der Waals surface area contributed by atoms with E-state index in [-0.39, 0.29) is 17.7 Å². The minimum absolute atomic E-state index is 0.0447. The summed E-state index contributed by atoms with van der Waals surface area (Å²) in [5, 5.41) is 0. The lowest BCUT2D eigenvalue weighted by molar-refractivity contribution is -0.0770. The molecule has 0 aromatic heterocycles. The van der Waals surface area contributed by atoms with Crippen molar-refractivity contribution in [3.63, 3.8) is 0 Å². The van der Waals surface area contributed by atoms with Crippen molar-refractivity contribution >= 4 is 0 Å². The molecule has 0 amide bonds. The van der Waals surface area contributed by atoms with Crippen LogP contribution in [0.5, 0.6) is 0 Å². The first-order chi connectivity index (χ1) is 6.55. The lowest BCUT2D eigenvalue weighted by Gasteiger charge is -2.49. The molecule has 2 aliphatic heterocycles. The molecular formula is C11H20FNO. The molecule has 0 saturated carbocycles. The molecule has 0 bridgehead atoms. The summed E-state index contributed by atoms with van der Waals surface area (Å²) in [6, 6.07) is 0.0968. The molecule has 14 heavy (non-hydrogen) atoms. The van der Waals surface area contributed by atoms with Crippen LogP contribution in [0.1, 0.15) is 33.6 Å². The minimum atomic E-state index is -0.659. The fraction of sp³-hybridized carbons (Fsp3) is 1.00. The number of nitrogens with zero attached hydrogens (tertiary/aromatic N) is 1. The predicted molar refractivity (Wildman–Crippen MR) is 54.1 cm³/mol. The fourth-order valence-electron chi connectivity index (χ4n) is 2.68. The Labute approximate surface area is 85.4 Å². The molecule has 0 aromatic carbocycles. The fourth-order valence-corrected chi connectivity index (χ4v) is 2.68. The van der Waals surface area contributed by atoms with Crippen LogP contribution in [-0.4, -0.2) is 41.9 Å². The second-order valence-corrected chi connectivity index (χ2v) is 4.99. The zero-order valence-corrected chi connectivity index (χ0v) is 9.29. The predicted octanol–water partition coefficient (Wildman–Crippen LogP) is 1.99. The summed E-state index contributed by atoms with van der Waals surface area (Å²) in [6.07, 6.45) is 1.36. The van der Waals surface area contributed by atoms with Crippen LogP contribution >= 0.6 is 0 Å². The number of hydrogen-bond acceptors (Lipinski definition) is 2. The van der Waals surface area contributed by atoms with E-state index in [1.54, 1.807) is 0 Å². The van der Waals surface area contributed by atoms with Crippen molar-refractivity contribution in [2.75, 3.05) is 13.2 Å². The van der Waals surface area contributed by atoms with Crippen LogP contribution in [0.15, 0.2) is 0 Å². The van der Waals surface area contributed by atoms with E-state index in [0.717, 1.165) is 13.0 Å². The number of ether oxygens (including phenoxy) is 1. The average Bonchev–Trinajstić information content (AvgIpc) is 2.23. The van der Waals surface area contributed by atoms with Gasteiger partial charge in [-0.05, 0) is 27.2 Å². The van der Waals surface area contributed by atoms with Gasteiger partial charge in [0, 0.05) is 24.5 Å². The first kappa shape index (κ1) is 10.4. The van der Waals surface area contributed by atoms with Crippen molar-refractivity contribution in [2.45, 2.75) is 57.5 Å². The monoisotopic (exact) mass is 201 g/mol. The summed E-state index contributed by atoms with van der Waals surface area (Å²) >= 11 is 0. The summed E-state index contributed by atoms with van der Waals surface area (Å²) < 4.78 is 19.2. The zero-order valence-electron chi connectivity index (χ0n) is 9.29. The van der Waals surface area contributed by atoms with E-state index in [9.17, 15) is 4.39 Å². The van der Waals surface area contributed by atoms with Crippen molar-refractivity contribution < 1.29 is 9.13 Å². The van der Waals surface area contributed by atoms with Crippen LogP contribution in [0.4, 0.5) is 4.39 Å². The number of hydrogen-bond donors (Lipinski definition) is 0. The van der Waals surface area contributed by atoms with Crippen molar-refractivity contribution in [3.8, 4) is 0 Å². The highest BCUT2D eigenvalue weighted by atomic mass is 19.1. The molecule has 3 heteroatoms. The van der Waals surface area contributed by atoms with Gasteiger partial charge in [0.1, 0.15) is 6.17 Å². The maximum Gasteiger partial charge on any atom is 0.117 e. The van der Waals surface area contributed by atoms with Gasteiger partial charge in [-0.15, -0.1) is 0 Å². The van der Waals surface area contributed by atoms with Gasteiger partial charge < -0.3 is 4.74 Å². The molecule has 2 fully saturated rings. The topological polar surface area (TPSA) is 12.5 Å². The van der Waals surface area contributed by atoms with Crippen LogP contribution in [0.2, 0.25) is 0 Å². The minimum Gasteiger partial charge on any atom is -0.377 e. The number of halogens is 1. The second-order valence-electron chi connectivity index (χ2n) is 4.99. The highest BCUT2D eigenvalue weighted by Gasteiger charge is 2.55. The van der Waals surface area contributed by atoms with E-state index >= 15 is 0 Å². The van der Waals surface area contributed by atoms with E-state index in [1.165, 1.54) is 0 Å². The highest BCUT2D eigenvalue weighted by Crippen LogP contribution is 2.45. The quantitative estimate of drug-likeness (QED) is 0.692. The molecule has 82 valence electrons. The van der Waals surface area contributed by atoms with E-state index in [1.807, 2.05) is 20.8 Å². The standard InChI is InChI=1S/C11H20FNO/c1-8(2)14-7-11-4-5-13(11)9(3)10(12)6-11/h8-10H,4-7H2,1-3H3/t9-,10-,11-/m0/s1. The Hall–Kier alpha value is -0.150. The molecule has 2 saturated heterocycles. The molecule has 0 unspecified atom stereocenters. The Morgan fingerprint density at radius 3 is 2.71 bits per heavy atom. The molecule has 0 aromatic rings. The maximum atomic E-state index is 13.5. The van der Waals surface area contributed by atoms with Crippen LogP contribution in [0.25, 0.3) is 0 Å². The van der Waals surface area contributed by atoms with Crippen LogP contribution in [0.3, 0.4) is 0 Å². The van der Waals surface area contributed by atoms with Crippen molar-refractivity contribution in [2.24, 2.45) is 0 Å². The molecule has 2 aliphatic rings. The summed E-state index contributed by atoms with van der Waals surface area (Å²) in [7, 11) is 0. The van der Waals surface area contributed by atoms with Crippen LogP contribution in [0, 0.1) is 0 Å². The van der Waals surface area contributed by atoms with E-state index in [0.29, 0.717) is 13.0 Å². The first-order valence-electron chi connectivity index (χ1n) is 5.57. The third-order valence-electron chi connectivity index (χ3n) is 3.70. The average molecular weight is 201 g/mol. The number of rotatable bonds is 3. The lowest BCUT2D eigenvalue weighted by atomic mass is 9.85. The number of fused-ring (bicyclic) bond motifs is 1. The zero-order chi connectivity index (χ0) is 10.3. The van der Waals surface area contributed by atoms with Gasteiger partial charge in [-0.1, -0.05) is 0 Å². The van der Waals surface area contributed by atoms with Crippen LogP contribution < -0.4 is 0 Å². The third-order valence-corrected chi connectivity index (χ3v) is 3.70. The van der Waals surface area contributed by atoms with Gasteiger partial charge >= 0.3 is 0 Å². The summed E-state index contributed by atoms with van der Waals surface area (Å²) in [4.78, 5) is 2.28. The molecular weight excluding hydrogens is 181 g/mol. The maximum absolute atomic E-state index is 13.5. The molecule has 2 nitrogen and oxygen atoms in total. The van der Waals surface area contributed by atoms with Gasteiger partial charge in [-0.25, -0.2) is 4.39 Å². The Balaban J connectivity index is 1.96. The van der Waals surface area contributed by atoms with Gasteiger partial charge in [0.25, 0.3) is 0 Å². The Morgan fingerprint density at radius 1 is 1.57 bits per heavy atom. The summed E-state index contributed by atoms with van der Waals surface area (Å²) in [5.41, 5.74) is 0.0447. The third kappa shape index (κ3) is 1.47. The molecule has 0 N–H and O–H groups in total. The van der Waals surface area contributed by atoms with Crippen molar-refractivity contribution in [1.82, 2.24) is 4.90 Å². The van der Waals surface area contributed by atoms with Gasteiger partial charge in [0.15, 0.2) is 0 Å². The summed E-state index contributed by atoms with van der Waals surface area (Å²) in [5.74, 6) is 0. The van der Waals surface area contributed by atoms with Gasteiger partial charge in [-0.2, -0.15) is 0 Å². The Bertz CT molecular complexity index is 221. The molecule has 2 rings (SSSR count). The van der Waals surface area contributed by atoms with Gasteiger partial charge in [0.2, 0.25) is 0 Å². The van der Waals surface area contributed by atoms with Crippen molar-refractivity contribution in [1.29, 1.82) is 0 Å². The smallest absolute Gasteiger partial charge is 0.117 e. The summed E-state index contributed by atoms with van der Waals surface area (Å²) in [6.45, 7) is 7.80. The SMILES string of the molecule is CC(C)OC[C@@]12CCN1[C@@H](C)[C@@H](F)C2. The highest BCUT2D eigenvalue weighted by molar-refractivity contribution is 5.10. The molecule has 0 radical (unpaired) electrons. The Morgan fingerprint density at radius 2 is 2.29 bits per heavy atom. The van der Waals surface area contributed by atoms with Gasteiger partial charge in [-0.3, -0.25) is 4.90 Å². The largest absolute Gasteiger partial charge is 0.377 e. The first-order valence-corrected chi connectivity index (χ1v) is 5.57. The van der Waals surface area contributed by atoms with Gasteiger partial charge in [0.05, 0.1) is 12.7 Å². The van der Waals surface area contributed by atoms with Crippen LogP contribution in [-0.2, 0) is 4.74 Å². The Kier molecular flexibility index (Phi) is 2.56. The number of alkyl halides is 1. The van der Waals surface area contributed by atoms with Crippen molar-refractivity contribution in [3.05, 3.63) is 0 Å².